The molecule has 1 aromatic heterocycles. The van der Waals surface area contributed by atoms with E-state index in [1.54, 1.807) is 6.07 Å². The van der Waals surface area contributed by atoms with Crippen LogP contribution < -0.4 is 4.90 Å². The Bertz CT molecular complexity index is 911. The lowest BCUT2D eigenvalue weighted by Crippen LogP contribution is -2.56. The number of nitrogens with zero attached hydrogens (tertiary/aromatic N) is 3. The second kappa shape index (κ2) is 8.91. The van der Waals surface area contributed by atoms with E-state index in [4.69, 9.17) is 15.0 Å². The summed E-state index contributed by atoms with van der Waals surface area (Å²) in [6.07, 6.45) is 0.481. The number of hydrogen-bond acceptors (Lipinski definition) is 6. The molecule has 1 aromatic carbocycles. The molecule has 2 heterocycles. The van der Waals surface area contributed by atoms with Gasteiger partial charge < -0.3 is 29.9 Å². The minimum Gasteiger partial charge on any atom is -0.483 e. The van der Waals surface area contributed by atoms with Crippen molar-refractivity contribution in [3.63, 3.8) is 0 Å². The number of aryl methyl sites for hydroxylation is 1. The van der Waals surface area contributed by atoms with Gasteiger partial charge in [-0.15, -0.1) is 0 Å². The quantitative estimate of drug-likeness (QED) is 0.539. The molecule has 0 radical (unpaired) electrons. The topological polar surface area (TPSA) is 153 Å². The molecule has 0 amide bonds. The van der Waals surface area contributed by atoms with E-state index in [0.717, 1.165) is 5.52 Å². The fraction of sp³-hybridized carbons (Fsp3) is 0.474. The van der Waals surface area contributed by atoms with E-state index in [2.05, 4.69) is 4.98 Å². The van der Waals surface area contributed by atoms with E-state index >= 15 is 0 Å². The lowest BCUT2D eigenvalue weighted by molar-refractivity contribution is -0.158. The van der Waals surface area contributed by atoms with Crippen LogP contribution in [0.4, 0.5) is 5.95 Å². The Hall–Kier alpha value is -3.14. The lowest BCUT2D eigenvalue weighted by atomic mass is 9.74. The van der Waals surface area contributed by atoms with Gasteiger partial charge in [0.1, 0.15) is 5.41 Å². The molecule has 1 fully saturated rings. The molecule has 29 heavy (non-hydrogen) atoms. The van der Waals surface area contributed by atoms with Crippen LogP contribution in [0.3, 0.4) is 0 Å². The zero-order valence-corrected chi connectivity index (χ0v) is 16.3. The number of anilines is 1. The smallest absolute Gasteiger partial charge is 0.335 e. The molecule has 0 unspecified atom stereocenters. The number of rotatable bonds is 5. The van der Waals surface area contributed by atoms with Crippen LogP contribution in [0.5, 0.6) is 0 Å². The van der Waals surface area contributed by atoms with Crippen LogP contribution in [0.1, 0.15) is 36.5 Å². The van der Waals surface area contributed by atoms with Gasteiger partial charge in [0.2, 0.25) is 5.95 Å². The molecule has 1 aliphatic rings. The number of fused-ring (bicyclic) bond motifs is 1. The standard InChI is InChI=1S/C18H23N3O5.CH2O2/c1-3-7-18(16(25)26)10-21(8-6-14(18)22)17-19-12-9-11(15(23)24)4-5-13(12)20(17)2;2-1-3/h4-5,9,14,22H,3,6-8,10H2,1-2H3,(H,23,24)(H,25,26);1H,(H,2,3)/t14-,18+;/m1./s1. The molecule has 4 N–H and O–H groups in total. The number of aliphatic carboxylic acids is 1. The number of carbonyl (C=O) groups is 3. The van der Waals surface area contributed by atoms with Crippen LogP contribution >= 0.6 is 0 Å². The Morgan fingerprint density at radius 3 is 2.55 bits per heavy atom. The summed E-state index contributed by atoms with van der Waals surface area (Å²) in [6.45, 7) is 2.31. The molecule has 0 saturated carbocycles. The number of aliphatic hydroxyl groups is 1. The molecule has 1 aliphatic heterocycles. The first-order valence-electron chi connectivity index (χ1n) is 9.15. The summed E-state index contributed by atoms with van der Waals surface area (Å²) in [4.78, 5) is 37.9. The summed E-state index contributed by atoms with van der Waals surface area (Å²) >= 11 is 0. The predicted octanol–water partition coefficient (Wildman–Crippen LogP) is 1.41. The first-order chi connectivity index (χ1) is 13.7. The molecular weight excluding hydrogens is 382 g/mol. The van der Waals surface area contributed by atoms with Gasteiger partial charge in [0.25, 0.3) is 6.47 Å². The third-order valence-electron chi connectivity index (χ3n) is 5.29. The monoisotopic (exact) mass is 407 g/mol. The maximum absolute atomic E-state index is 12.0. The summed E-state index contributed by atoms with van der Waals surface area (Å²) in [5.74, 6) is -1.44. The maximum Gasteiger partial charge on any atom is 0.335 e. The Balaban J connectivity index is 0.000000941. The summed E-state index contributed by atoms with van der Waals surface area (Å²) in [5, 5.41) is 36.2. The molecule has 2 aromatic rings. The van der Waals surface area contributed by atoms with E-state index in [0.29, 0.717) is 37.3 Å². The molecule has 158 valence electrons. The van der Waals surface area contributed by atoms with Gasteiger partial charge >= 0.3 is 11.9 Å². The van der Waals surface area contributed by atoms with Crippen molar-refractivity contribution in [1.82, 2.24) is 9.55 Å². The second-order valence-corrected chi connectivity index (χ2v) is 7.02. The molecule has 10 heteroatoms. The first-order valence-corrected chi connectivity index (χ1v) is 9.15. The molecular formula is C19H25N3O7. The normalized spacial score (nSPS) is 21.3. The number of aromatic carboxylic acids is 1. The van der Waals surface area contributed by atoms with E-state index in [-0.39, 0.29) is 18.6 Å². The number of aromatic nitrogens is 2. The largest absolute Gasteiger partial charge is 0.483 e. The molecule has 1 saturated heterocycles. The zero-order valence-electron chi connectivity index (χ0n) is 16.3. The number of aliphatic hydroxyl groups excluding tert-OH is 1. The highest BCUT2D eigenvalue weighted by Gasteiger charge is 2.49. The average Bonchev–Trinajstić information content (AvgIpc) is 3.00. The number of piperidine rings is 1. The van der Waals surface area contributed by atoms with Crippen molar-refractivity contribution in [3.8, 4) is 0 Å². The maximum atomic E-state index is 12.0. The molecule has 3 rings (SSSR count). The van der Waals surface area contributed by atoms with Crippen LogP contribution in [0.25, 0.3) is 11.0 Å². The average molecular weight is 407 g/mol. The first kappa shape index (κ1) is 22.2. The summed E-state index contributed by atoms with van der Waals surface area (Å²) < 4.78 is 1.83. The van der Waals surface area contributed by atoms with Gasteiger partial charge in [-0.1, -0.05) is 13.3 Å². The fourth-order valence-electron chi connectivity index (χ4n) is 3.86. The number of carboxylic acid groups (broad SMARTS) is 3. The van der Waals surface area contributed by atoms with Gasteiger partial charge in [-0.2, -0.15) is 0 Å². The summed E-state index contributed by atoms with van der Waals surface area (Å²) in [5.41, 5.74) is 0.247. The second-order valence-electron chi connectivity index (χ2n) is 7.02. The number of benzene rings is 1. The van der Waals surface area contributed by atoms with Crippen LogP contribution in [0, 0.1) is 5.41 Å². The highest BCUT2D eigenvalue weighted by atomic mass is 16.4. The van der Waals surface area contributed by atoms with E-state index in [1.165, 1.54) is 12.1 Å². The van der Waals surface area contributed by atoms with Crippen LogP contribution in [-0.2, 0) is 16.6 Å². The van der Waals surface area contributed by atoms with Crippen LogP contribution in [-0.4, -0.2) is 67.6 Å². The van der Waals surface area contributed by atoms with E-state index in [1.807, 2.05) is 23.4 Å². The summed E-state index contributed by atoms with van der Waals surface area (Å²) in [6, 6.07) is 4.73. The summed E-state index contributed by atoms with van der Waals surface area (Å²) in [7, 11) is 1.82. The Morgan fingerprint density at radius 2 is 2.00 bits per heavy atom. The minimum atomic E-state index is -1.22. The fourth-order valence-corrected chi connectivity index (χ4v) is 3.86. The number of hydrogen-bond donors (Lipinski definition) is 4. The molecule has 2 atom stereocenters. The van der Waals surface area contributed by atoms with Crippen molar-refractivity contribution in [2.75, 3.05) is 18.0 Å². The van der Waals surface area contributed by atoms with Gasteiger partial charge in [0.15, 0.2) is 0 Å². The van der Waals surface area contributed by atoms with Crippen LogP contribution in [0.2, 0.25) is 0 Å². The Morgan fingerprint density at radius 1 is 1.34 bits per heavy atom. The molecule has 10 nitrogen and oxygen atoms in total. The van der Waals surface area contributed by atoms with Crippen molar-refractivity contribution in [1.29, 1.82) is 0 Å². The minimum absolute atomic E-state index is 0.155. The zero-order chi connectivity index (χ0) is 21.8. The predicted molar refractivity (Wildman–Crippen MR) is 104 cm³/mol. The molecule has 0 aliphatic carbocycles. The van der Waals surface area contributed by atoms with Crippen molar-refractivity contribution in [2.24, 2.45) is 12.5 Å². The molecule has 0 spiro atoms. The highest BCUT2D eigenvalue weighted by Crippen LogP contribution is 2.37. The number of carboxylic acids is 2. The SMILES string of the molecule is CCC[C@]1(C(=O)O)CN(c2nc3cc(C(=O)O)ccc3n2C)CC[C@H]1O.O=CO. The van der Waals surface area contributed by atoms with Crippen LogP contribution in [0.15, 0.2) is 18.2 Å². The van der Waals surface area contributed by atoms with Crippen molar-refractivity contribution in [2.45, 2.75) is 32.3 Å². The Labute approximate surface area is 167 Å². The van der Waals surface area contributed by atoms with Gasteiger partial charge in [-0.3, -0.25) is 9.59 Å². The lowest BCUT2D eigenvalue weighted by Gasteiger charge is -2.43. The third-order valence-corrected chi connectivity index (χ3v) is 5.29. The Kier molecular flexibility index (Phi) is 6.80. The van der Waals surface area contributed by atoms with Gasteiger partial charge in [0.05, 0.1) is 22.7 Å². The van der Waals surface area contributed by atoms with Gasteiger partial charge in [-0.25, -0.2) is 9.78 Å². The third kappa shape index (κ3) is 4.16. The van der Waals surface area contributed by atoms with Crippen molar-refractivity contribution in [3.05, 3.63) is 23.8 Å². The molecule has 0 bridgehead atoms. The van der Waals surface area contributed by atoms with E-state index in [9.17, 15) is 19.8 Å². The van der Waals surface area contributed by atoms with Crippen molar-refractivity contribution < 1.29 is 34.8 Å². The van der Waals surface area contributed by atoms with Gasteiger partial charge in [-0.05, 0) is 31.0 Å². The van der Waals surface area contributed by atoms with Crippen molar-refractivity contribution >= 4 is 35.4 Å². The van der Waals surface area contributed by atoms with E-state index < -0.39 is 23.5 Å². The van der Waals surface area contributed by atoms with Gasteiger partial charge in [0, 0.05) is 20.1 Å². The highest BCUT2D eigenvalue weighted by molar-refractivity contribution is 5.93. The number of imidazole rings is 1.